The van der Waals surface area contributed by atoms with E-state index in [-0.39, 0.29) is 30.6 Å². The summed E-state index contributed by atoms with van der Waals surface area (Å²) >= 11 is 0. The molecule has 0 amide bonds. The van der Waals surface area contributed by atoms with Crippen molar-refractivity contribution in [3.05, 3.63) is 23.9 Å². The molecule has 7 heteroatoms. The molecule has 1 aromatic rings. The third kappa shape index (κ3) is 5.09. The summed E-state index contributed by atoms with van der Waals surface area (Å²) in [5, 5.41) is 2.71. The van der Waals surface area contributed by atoms with E-state index in [9.17, 15) is 13.2 Å². The molecule has 0 saturated heterocycles. The van der Waals surface area contributed by atoms with Crippen molar-refractivity contribution in [1.82, 2.24) is 4.98 Å². The van der Waals surface area contributed by atoms with Crippen molar-refractivity contribution in [1.29, 1.82) is 0 Å². The molecule has 0 atom stereocenters. The summed E-state index contributed by atoms with van der Waals surface area (Å²) in [6.45, 7) is 2.34. The molecule has 88 valence electrons. The maximum Gasteiger partial charge on any atom is 0.416 e. The molecule has 1 rings (SSSR count). The van der Waals surface area contributed by atoms with E-state index in [0.29, 0.717) is 6.54 Å². The summed E-state index contributed by atoms with van der Waals surface area (Å²) in [5.74, 6) is 0.248. The van der Waals surface area contributed by atoms with Gasteiger partial charge < -0.3 is 5.32 Å². The lowest BCUT2D eigenvalue weighted by Crippen LogP contribution is -2.07. The normalized spacial score (nSPS) is 9.87. The standard InChI is InChI=1S/C8H9F3N2.2ClH/c1-2-12-7-5-6(3-4-13-7)8(9,10)11;;/h3-5H,2H2,1H3,(H,12,13);2*1H. The fourth-order valence-electron chi connectivity index (χ4n) is 0.885. The van der Waals surface area contributed by atoms with E-state index in [1.165, 1.54) is 0 Å². The Morgan fingerprint density at radius 2 is 1.93 bits per heavy atom. The number of halogens is 5. The molecule has 1 N–H and O–H groups in total. The van der Waals surface area contributed by atoms with Gasteiger partial charge in [0.2, 0.25) is 0 Å². The molecule has 2 nitrogen and oxygen atoms in total. The minimum Gasteiger partial charge on any atom is -0.370 e. The molecule has 0 aliphatic heterocycles. The number of nitrogens with one attached hydrogen (secondary N) is 1. The highest BCUT2D eigenvalue weighted by molar-refractivity contribution is 5.85. The predicted molar refractivity (Wildman–Crippen MR) is 57.9 cm³/mol. The van der Waals surface area contributed by atoms with Crippen LogP contribution >= 0.6 is 24.8 Å². The Morgan fingerprint density at radius 1 is 1.33 bits per heavy atom. The first-order valence-electron chi connectivity index (χ1n) is 3.81. The number of alkyl halides is 3. The SMILES string of the molecule is CCNc1cc(C(F)(F)F)ccn1.Cl.Cl. The van der Waals surface area contributed by atoms with Gasteiger partial charge in [-0.25, -0.2) is 4.98 Å². The monoisotopic (exact) mass is 262 g/mol. The molecule has 0 aromatic carbocycles. The molecular weight excluding hydrogens is 252 g/mol. The van der Waals surface area contributed by atoms with Crippen LogP contribution in [0.25, 0.3) is 0 Å². The third-order valence-electron chi connectivity index (χ3n) is 1.45. The van der Waals surface area contributed by atoms with Crippen molar-refractivity contribution in [2.75, 3.05) is 11.9 Å². The average Bonchev–Trinajstić information content (AvgIpc) is 2.04. The number of hydrogen-bond donors (Lipinski definition) is 1. The lowest BCUT2D eigenvalue weighted by Gasteiger charge is -2.08. The topological polar surface area (TPSA) is 24.9 Å². The van der Waals surface area contributed by atoms with Gasteiger partial charge in [-0.2, -0.15) is 13.2 Å². The minimum absolute atomic E-state index is 0. The summed E-state index contributed by atoms with van der Waals surface area (Å²) in [6, 6.07) is 1.93. The molecule has 1 heterocycles. The van der Waals surface area contributed by atoms with E-state index in [1.54, 1.807) is 6.92 Å². The van der Waals surface area contributed by atoms with E-state index in [1.807, 2.05) is 0 Å². The Bertz CT molecular complexity index is 291. The largest absolute Gasteiger partial charge is 0.416 e. The Labute approximate surface area is 98.1 Å². The van der Waals surface area contributed by atoms with Crippen LogP contribution in [0.3, 0.4) is 0 Å². The smallest absolute Gasteiger partial charge is 0.370 e. The summed E-state index contributed by atoms with van der Waals surface area (Å²) in [5.41, 5.74) is -0.682. The van der Waals surface area contributed by atoms with Gasteiger partial charge in [-0.3, -0.25) is 0 Å². The maximum atomic E-state index is 12.2. The fourth-order valence-corrected chi connectivity index (χ4v) is 0.885. The van der Waals surface area contributed by atoms with Crippen LogP contribution in [0.1, 0.15) is 12.5 Å². The molecule has 1 aromatic heterocycles. The maximum absolute atomic E-state index is 12.2. The Morgan fingerprint density at radius 3 is 2.40 bits per heavy atom. The van der Waals surface area contributed by atoms with Crippen LogP contribution in [0.4, 0.5) is 19.0 Å². The van der Waals surface area contributed by atoms with Gasteiger partial charge in [0.1, 0.15) is 5.82 Å². The average molecular weight is 263 g/mol. The number of aromatic nitrogens is 1. The Kier molecular flexibility index (Phi) is 7.52. The Hall–Kier alpha value is -0.680. The number of hydrogen-bond acceptors (Lipinski definition) is 2. The van der Waals surface area contributed by atoms with Gasteiger partial charge in [-0.15, -0.1) is 24.8 Å². The number of rotatable bonds is 2. The van der Waals surface area contributed by atoms with Crippen LogP contribution in [-0.2, 0) is 6.18 Å². The zero-order chi connectivity index (χ0) is 9.90. The quantitative estimate of drug-likeness (QED) is 0.884. The third-order valence-corrected chi connectivity index (χ3v) is 1.45. The van der Waals surface area contributed by atoms with Crippen molar-refractivity contribution in [3.8, 4) is 0 Å². The predicted octanol–water partition coefficient (Wildman–Crippen LogP) is 3.38. The van der Waals surface area contributed by atoms with Crippen molar-refractivity contribution in [2.24, 2.45) is 0 Å². The van der Waals surface area contributed by atoms with E-state index in [4.69, 9.17) is 0 Å². The van der Waals surface area contributed by atoms with Crippen molar-refractivity contribution in [3.63, 3.8) is 0 Å². The highest BCUT2D eigenvalue weighted by Gasteiger charge is 2.30. The van der Waals surface area contributed by atoms with E-state index < -0.39 is 11.7 Å². The molecule has 0 unspecified atom stereocenters. The van der Waals surface area contributed by atoms with Gasteiger partial charge >= 0.3 is 6.18 Å². The van der Waals surface area contributed by atoms with Crippen LogP contribution in [0.15, 0.2) is 18.3 Å². The zero-order valence-corrected chi connectivity index (χ0v) is 9.47. The van der Waals surface area contributed by atoms with Crippen molar-refractivity contribution >= 4 is 30.6 Å². The fraction of sp³-hybridized carbons (Fsp3) is 0.375. The first-order chi connectivity index (χ1) is 6.04. The van der Waals surface area contributed by atoms with Gasteiger partial charge in [0, 0.05) is 12.7 Å². The lowest BCUT2D eigenvalue weighted by atomic mass is 10.2. The molecule has 15 heavy (non-hydrogen) atoms. The van der Waals surface area contributed by atoms with Gasteiger partial charge in [-0.1, -0.05) is 0 Å². The van der Waals surface area contributed by atoms with Crippen LogP contribution in [0.2, 0.25) is 0 Å². The first kappa shape index (κ1) is 16.7. The van der Waals surface area contributed by atoms with Crippen LogP contribution in [-0.4, -0.2) is 11.5 Å². The second-order valence-corrected chi connectivity index (χ2v) is 2.46. The van der Waals surface area contributed by atoms with Crippen LogP contribution in [0.5, 0.6) is 0 Å². The molecule has 0 bridgehead atoms. The van der Waals surface area contributed by atoms with Gasteiger partial charge in [0.25, 0.3) is 0 Å². The van der Waals surface area contributed by atoms with Crippen molar-refractivity contribution < 1.29 is 13.2 Å². The summed E-state index contributed by atoms with van der Waals surface area (Å²) in [4.78, 5) is 3.73. The van der Waals surface area contributed by atoms with E-state index in [2.05, 4.69) is 10.3 Å². The van der Waals surface area contributed by atoms with E-state index >= 15 is 0 Å². The summed E-state index contributed by atoms with van der Waals surface area (Å²) < 4.78 is 36.5. The Balaban J connectivity index is 0. The van der Waals surface area contributed by atoms with Gasteiger partial charge in [0.05, 0.1) is 5.56 Å². The molecule has 0 fully saturated rings. The highest BCUT2D eigenvalue weighted by Crippen LogP contribution is 2.29. The van der Waals surface area contributed by atoms with Gasteiger partial charge in [-0.05, 0) is 19.1 Å². The molecule has 0 radical (unpaired) electrons. The second-order valence-electron chi connectivity index (χ2n) is 2.46. The second kappa shape index (κ2) is 6.74. The number of nitrogens with zero attached hydrogens (tertiary/aromatic N) is 1. The molecule has 0 spiro atoms. The number of pyridine rings is 1. The molecule has 0 aliphatic carbocycles. The molecular formula is C8H11Cl2F3N2. The van der Waals surface area contributed by atoms with Crippen LogP contribution in [0, 0.1) is 0 Å². The summed E-state index contributed by atoms with van der Waals surface area (Å²) in [6.07, 6.45) is -3.16. The lowest BCUT2D eigenvalue weighted by molar-refractivity contribution is -0.137. The molecule has 0 aliphatic rings. The van der Waals surface area contributed by atoms with Gasteiger partial charge in [0.15, 0.2) is 0 Å². The van der Waals surface area contributed by atoms with E-state index in [0.717, 1.165) is 18.3 Å². The number of anilines is 1. The highest BCUT2D eigenvalue weighted by atomic mass is 35.5. The zero-order valence-electron chi connectivity index (χ0n) is 7.84. The van der Waals surface area contributed by atoms with Crippen molar-refractivity contribution in [2.45, 2.75) is 13.1 Å². The molecule has 0 saturated carbocycles. The summed E-state index contributed by atoms with van der Waals surface area (Å²) in [7, 11) is 0. The minimum atomic E-state index is -4.30. The first-order valence-corrected chi connectivity index (χ1v) is 3.81. The van der Waals surface area contributed by atoms with Crippen LogP contribution < -0.4 is 5.32 Å².